The van der Waals surface area contributed by atoms with E-state index in [0.717, 1.165) is 12.3 Å². The van der Waals surface area contributed by atoms with E-state index in [1.54, 1.807) is 0 Å². The van der Waals surface area contributed by atoms with Gasteiger partial charge in [-0.1, -0.05) is 0 Å². The molecule has 0 radical (unpaired) electrons. The molecule has 2 rings (SSSR count). The molecular weight excluding hydrogens is 162 g/mol. The van der Waals surface area contributed by atoms with Crippen LogP contribution in [0.5, 0.6) is 0 Å². The van der Waals surface area contributed by atoms with E-state index < -0.39 is 0 Å². The maximum atomic E-state index is 9.77. The van der Waals surface area contributed by atoms with E-state index in [9.17, 15) is 5.11 Å². The SMILES string of the molecule is CC(C1CC1)N(C)[C@@H]1CCC[C@H]1O. The number of likely N-dealkylation sites (N-methyl/N-ethyl adjacent to an activating group) is 1. The van der Waals surface area contributed by atoms with Gasteiger partial charge in [-0.05, 0) is 52.0 Å². The zero-order chi connectivity index (χ0) is 9.42. The summed E-state index contributed by atoms with van der Waals surface area (Å²) in [6.07, 6.45) is 6.13. The molecular formula is C11H21NO. The molecule has 76 valence electrons. The van der Waals surface area contributed by atoms with E-state index in [-0.39, 0.29) is 6.10 Å². The first-order valence-corrected chi connectivity index (χ1v) is 5.60. The third kappa shape index (κ3) is 1.89. The van der Waals surface area contributed by atoms with E-state index in [2.05, 4.69) is 18.9 Å². The van der Waals surface area contributed by atoms with Crippen LogP contribution in [0.15, 0.2) is 0 Å². The molecule has 0 saturated heterocycles. The highest BCUT2D eigenvalue weighted by atomic mass is 16.3. The van der Waals surface area contributed by atoms with Gasteiger partial charge in [0.05, 0.1) is 6.10 Å². The Labute approximate surface area is 80.9 Å². The van der Waals surface area contributed by atoms with Crippen LogP contribution in [0, 0.1) is 5.92 Å². The number of nitrogens with zero attached hydrogens (tertiary/aromatic N) is 1. The first-order chi connectivity index (χ1) is 6.20. The maximum Gasteiger partial charge on any atom is 0.0695 e. The number of hydrogen-bond acceptors (Lipinski definition) is 2. The molecule has 2 fully saturated rings. The van der Waals surface area contributed by atoms with Gasteiger partial charge in [0, 0.05) is 12.1 Å². The molecule has 2 nitrogen and oxygen atoms in total. The van der Waals surface area contributed by atoms with Gasteiger partial charge in [-0.25, -0.2) is 0 Å². The van der Waals surface area contributed by atoms with E-state index in [4.69, 9.17) is 0 Å². The lowest BCUT2D eigenvalue weighted by Gasteiger charge is -2.32. The molecule has 0 aromatic heterocycles. The van der Waals surface area contributed by atoms with Crippen LogP contribution >= 0.6 is 0 Å². The number of rotatable bonds is 3. The number of aliphatic hydroxyl groups is 1. The van der Waals surface area contributed by atoms with Crippen LogP contribution in [0.3, 0.4) is 0 Å². The minimum absolute atomic E-state index is 0.0637. The lowest BCUT2D eigenvalue weighted by molar-refractivity contribution is 0.0600. The Hall–Kier alpha value is -0.0800. The lowest BCUT2D eigenvalue weighted by atomic mass is 10.1. The molecule has 0 aromatic rings. The van der Waals surface area contributed by atoms with Crippen molar-refractivity contribution in [2.75, 3.05) is 7.05 Å². The smallest absolute Gasteiger partial charge is 0.0695 e. The first-order valence-electron chi connectivity index (χ1n) is 5.60. The van der Waals surface area contributed by atoms with Crippen molar-refractivity contribution in [3.05, 3.63) is 0 Å². The Morgan fingerprint density at radius 3 is 2.38 bits per heavy atom. The first kappa shape index (κ1) is 9.47. The molecule has 2 aliphatic rings. The second-order valence-corrected chi connectivity index (χ2v) is 4.81. The highest BCUT2D eigenvalue weighted by Gasteiger charge is 2.36. The molecule has 0 amide bonds. The van der Waals surface area contributed by atoms with Crippen LogP contribution in [0.2, 0.25) is 0 Å². The predicted molar refractivity (Wildman–Crippen MR) is 53.6 cm³/mol. The van der Waals surface area contributed by atoms with Gasteiger partial charge < -0.3 is 5.11 Å². The average Bonchev–Trinajstić information content (AvgIpc) is 2.87. The van der Waals surface area contributed by atoms with Gasteiger partial charge in [-0.2, -0.15) is 0 Å². The van der Waals surface area contributed by atoms with Crippen molar-refractivity contribution in [1.29, 1.82) is 0 Å². The van der Waals surface area contributed by atoms with Gasteiger partial charge in [0.25, 0.3) is 0 Å². The van der Waals surface area contributed by atoms with Gasteiger partial charge in [-0.3, -0.25) is 4.90 Å². The molecule has 0 aromatic carbocycles. The molecule has 0 bridgehead atoms. The zero-order valence-corrected chi connectivity index (χ0v) is 8.74. The van der Waals surface area contributed by atoms with Crippen molar-refractivity contribution >= 4 is 0 Å². The quantitative estimate of drug-likeness (QED) is 0.719. The van der Waals surface area contributed by atoms with Gasteiger partial charge in [0.15, 0.2) is 0 Å². The molecule has 2 saturated carbocycles. The second kappa shape index (κ2) is 3.58. The molecule has 1 N–H and O–H groups in total. The second-order valence-electron chi connectivity index (χ2n) is 4.81. The molecule has 2 aliphatic carbocycles. The van der Waals surface area contributed by atoms with Crippen LogP contribution in [0.25, 0.3) is 0 Å². The van der Waals surface area contributed by atoms with E-state index in [1.165, 1.54) is 25.7 Å². The normalized spacial score (nSPS) is 36.9. The summed E-state index contributed by atoms with van der Waals surface area (Å²) >= 11 is 0. The number of hydrogen-bond donors (Lipinski definition) is 1. The van der Waals surface area contributed by atoms with Crippen molar-refractivity contribution in [1.82, 2.24) is 4.90 Å². The third-order valence-corrected chi connectivity index (χ3v) is 3.91. The molecule has 0 spiro atoms. The summed E-state index contributed by atoms with van der Waals surface area (Å²) in [4.78, 5) is 2.41. The van der Waals surface area contributed by atoms with Crippen LogP contribution in [-0.2, 0) is 0 Å². The Balaban J connectivity index is 1.90. The van der Waals surface area contributed by atoms with E-state index in [0.29, 0.717) is 12.1 Å². The molecule has 1 unspecified atom stereocenters. The molecule has 0 heterocycles. The van der Waals surface area contributed by atoms with Crippen molar-refractivity contribution in [3.63, 3.8) is 0 Å². The van der Waals surface area contributed by atoms with Crippen LogP contribution in [0.4, 0.5) is 0 Å². The topological polar surface area (TPSA) is 23.5 Å². The fourth-order valence-corrected chi connectivity index (χ4v) is 2.61. The Kier molecular flexibility index (Phi) is 2.61. The van der Waals surface area contributed by atoms with Crippen LogP contribution in [-0.4, -0.2) is 35.2 Å². The summed E-state index contributed by atoms with van der Waals surface area (Å²) in [6.45, 7) is 2.31. The van der Waals surface area contributed by atoms with Crippen molar-refractivity contribution in [3.8, 4) is 0 Å². The Bertz CT molecular complexity index is 179. The maximum absolute atomic E-state index is 9.77. The monoisotopic (exact) mass is 183 g/mol. The Morgan fingerprint density at radius 1 is 1.23 bits per heavy atom. The highest BCUT2D eigenvalue weighted by Crippen LogP contribution is 2.37. The summed E-state index contributed by atoms with van der Waals surface area (Å²) < 4.78 is 0. The van der Waals surface area contributed by atoms with Gasteiger partial charge in [0.1, 0.15) is 0 Å². The Morgan fingerprint density at radius 2 is 1.92 bits per heavy atom. The van der Waals surface area contributed by atoms with Crippen LogP contribution in [0.1, 0.15) is 39.0 Å². The van der Waals surface area contributed by atoms with Crippen molar-refractivity contribution in [2.45, 2.75) is 57.2 Å². The largest absolute Gasteiger partial charge is 0.391 e. The lowest BCUT2D eigenvalue weighted by Crippen LogP contribution is -2.43. The average molecular weight is 183 g/mol. The molecule has 2 heteroatoms. The molecule has 0 aliphatic heterocycles. The summed E-state index contributed by atoms with van der Waals surface area (Å²) in [5, 5.41) is 9.77. The molecule has 3 atom stereocenters. The summed E-state index contributed by atoms with van der Waals surface area (Å²) in [5.74, 6) is 0.915. The minimum Gasteiger partial charge on any atom is -0.391 e. The number of aliphatic hydroxyl groups excluding tert-OH is 1. The van der Waals surface area contributed by atoms with Gasteiger partial charge >= 0.3 is 0 Å². The molecule has 13 heavy (non-hydrogen) atoms. The van der Waals surface area contributed by atoms with E-state index >= 15 is 0 Å². The van der Waals surface area contributed by atoms with Gasteiger partial charge in [0.2, 0.25) is 0 Å². The van der Waals surface area contributed by atoms with Crippen molar-refractivity contribution < 1.29 is 5.11 Å². The van der Waals surface area contributed by atoms with Crippen LogP contribution < -0.4 is 0 Å². The van der Waals surface area contributed by atoms with E-state index in [1.807, 2.05) is 0 Å². The predicted octanol–water partition coefficient (Wildman–Crippen LogP) is 1.63. The van der Waals surface area contributed by atoms with Gasteiger partial charge in [-0.15, -0.1) is 0 Å². The standard InChI is InChI=1S/C11H21NO/c1-8(9-6-7-9)12(2)10-4-3-5-11(10)13/h8-11,13H,3-7H2,1-2H3/t8?,10-,11-/m1/s1. The highest BCUT2D eigenvalue weighted by molar-refractivity contribution is 4.91. The summed E-state index contributed by atoms with van der Waals surface area (Å²) in [6, 6.07) is 1.12. The summed E-state index contributed by atoms with van der Waals surface area (Å²) in [5.41, 5.74) is 0. The fourth-order valence-electron chi connectivity index (χ4n) is 2.61. The summed E-state index contributed by atoms with van der Waals surface area (Å²) in [7, 11) is 2.18. The third-order valence-electron chi connectivity index (χ3n) is 3.91. The zero-order valence-electron chi connectivity index (χ0n) is 8.74. The minimum atomic E-state index is -0.0637. The fraction of sp³-hybridized carbons (Fsp3) is 1.00. The van der Waals surface area contributed by atoms with Crippen molar-refractivity contribution in [2.24, 2.45) is 5.92 Å².